The summed E-state index contributed by atoms with van der Waals surface area (Å²) >= 11 is 0. The quantitative estimate of drug-likeness (QED) is 0.707. The normalized spacial score (nSPS) is 23.8. The zero-order chi connectivity index (χ0) is 20.2. The molecule has 9 heteroatoms. The number of hydrogen-bond donors (Lipinski definition) is 0. The van der Waals surface area contributed by atoms with E-state index in [2.05, 4.69) is 21.8 Å². The molecule has 2 atom stereocenters. The maximum Gasteiger partial charge on any atom is 0.328 e. The number of esters is 1. The Morgan fingerprint density at radius 3 is 2.68 bits per heavy atom. The first kappa shape index (κ1) is 18.3. The predicted octanol–water partition coefficient (Wildman–Crippen LogP) is 0.557. The topological polar surface area (TPSA) is 85.8 Å². The van der Waals surface area contributed by atoms with E-state index in [0.717, 1.165) is 16.2 Å². The molecule has 9 nitrogen and oxygen atoms in total. The Balaban J connectivity index is 1.66. The first-order valence-corrected chi connectivity index (χ1v) is 9.17. The number of carbonyl (C=O) groups is 3. The highest BCUT2D eigenvalue weighted by molar-refractivity contribution is 6.09. The second-order valence-corrected chi connectivity index (χ2v) is 7.32. The van der Waals surface area contributed by atoms with E-state index in [1.165, 1.54) is 17.6 Å². The highest BCUT2D eigenvalue weighted by Gasteiger charge is 2.55. The van der Waals surface area contributed by atoms with Gasteiger partial charge in [0.2, 0.25) is 5.96 Å². The molecule has 2 fully saturated rings. The molecule has 0 aromatic heterocycles. The van der Waals surface area contributed by atoms with Crippen LogP contribution in [0.3, 0.4) is 0 Å². The molecule has 3 amide bonds. The molecule has 1 aromatic carbocycles. The number of aliphatic imine (C=N–C) groups is 1. The molecule has 3 aliphatic rings. The largest absolute Gasteiger partial charge is 0.468 e. The Bertz CT molecular complexity index is 898. The fourth-order valence-electron chi connectivity index (χ4n) is 4.11. The van der Waals surface area contributed by atoms with E-state index in [1.807, 2.05) is 24.8 Å². The number of imide groups is 1. The fraction of sp³-hybridized carbons (Fsp3) is 0.474. The van der Waals surface area contributed by atoms with Crippen molar-refractivity contribution in [3.63, 3.8) is 0 Å². The number of benzene rings is 1. The monoisotopic (exact) mass is 385 g/mol. The molecule has 148 valence electrons. The molecule has 4 rings (SSSR count). The van der Waals surface area contributed by atoms with E-state index in [9.17, 15) is 14.4 Å². The average Bonchev–Trinajstić information content (AvgIpc) is 3.23. The lowest BCUT2D eigenvalue weighted by molar-refractivity contribution is -0.148. The van der Waals surface area contributed by atoms with Crippen molar-refractivity contribution in [3.05, 3.63) is 29.3 Å². The molecule has 0 saturated carbocycles. The molecule has 2 saturated heterocycles. The Labute approximate surface area is 163 Å². The number of ether oxygens (including phenoxy) is 1. The van der Waals surface area contributed by atoms with Gasteiger partial charge < -0.3 is 19.4 Å². The molecule has 0 bridgehead atoms. The van der Waals surface area contributed by atoms with Crippen LogP contribution >= 0.6 is 0 Å². The summed E-state index contributed by atoms with van der Waals surface area (Å²) in [5.41, 5.74) is 3.35. The first-order valence-electron chi connectivity index (χ1n) is 9.17. The summed E-state index contributed by atoms with van der Waals surface area (Å²) in [6, 6.07) is 5.04. The molecular weight excluding hydrogens is 362 g/mol. The smallest absolute Gasteiger partial charge is 0.328 e. The Morgan fingerprint density at radius 2 is 2.00 bits per heavy atom. The number of guanidine groups is 1. The van der Waals surface area contributed by atoms with Gasteiger partial charge in [-0.3, -0.25) is 14.5 Å². The number of aryl methyl sites for hydroxylation is 2. The van der Waals surface area contributed by atoms with Crippen LogP contribution < -0.4 is 4.90 Å². The molecule has 0 N–H and O–H groups in total. The van der Waals surface area contributed by atoms with Crippen LogP contribution in [0, 0.1) is 13.8 Å². The van der Waals surface area contributed by atoms with Crippen LogP contribution in [0.1, 0.15) is 11.1 Å². The van der Waals surface area contributed by atoms with E-state index in [1.54, 1.807) is 7.05 Å². The van der Waals surface area contributed by atoms with Crippen molar-refractivity contribution in [1.29, 1.82) is 0 Å². The SMILES string of the molecule is COC(=O)CN1C(=O)C2C(N=C3N(c4ccc(C)cc4C)CCN32)N(C)C1=O. The van der Waals surface area contributed by atoms with Crippen LogP contribution in [-0.4, -0.2) is 84.6 Å². The number of hydrogen-bond acceptors (Lipinski definition) is 7. The summed E-state index contributed by atoms with van der Waals surface area (Å²) < 4.78 is 4.63. The van der Waals surface area contributed by atoms with Crippen LogP contribution in [0.2, 0.25) is 0 Å². The van der Waals surface area contributed by atoms with Crippen molar-refractivity contribution in [3.8, 4) is 0 Å². The zero-order valence-corrected chi connectivity index (χ0v) is 16.4. The lowest BCUT2D eigenvalue weighted by Gasteiger charge is -2.40. The molecule has 3 heterocycles. The molecule has 0 spiro atoms. The van der Waals surface area contributed by atoms with Gasteiger partial charge in [-0.25, -0.2) is 9.79 Å². The Hall–Kier alpha value is -3.10. The minimum Gasteiger partial charge on any atom is -0.468 e. The van der Waals surface area contributed by atoms with Gasteiger partial charge in [-0.05, 0) is 25.5 Å². The Morgan fingerprint density at radius 1 is 1.25 bits per heavy atom. The van der Waals surface area contributed by atoms with Gasteiger partial charge in [-0.15, -0.1) is 0 Å². The summed E-state index contributed by atoms with van der Waals surface area (Å²) in [7, 11) is 2.83. The highest BCUT2D eigenvalue weighted by Crippen LogP contribution is 2.34. The third-order valence-electron chi connectivity index (χ3n) is 5.54. The summed E-state index contributed by atoms with van der Waals surface area (Å²) in [5.74, 6) is -0.361. The predicted molar refractivity (Wildman–Crippen MR) is 102 cm³/mol. The summed E-state index contributed by atoms with van der Waals surface area (Å²) in [6.07, 6.45) is -0.600. The summed E-state index contributed by atoms with van der Waals surface area (Å²) in [5, 5.41) is 0. The number of carbonyl (C=O) groups excluding carboxylic acids is 3. The van der Waals surface area contributed by atoms with Gasteiger partial charge in [0.15, 0.2) is 12.2 Å². The molecule has 2 unspecified atom stereocenters. The summed E-state index contributed by atoms with van der Waals surface area (Å²) in [6.45, 7) is 5.02. The van der Waals surface area contributed by atoms with E-state index in [-0.39, 0.29) is 0 Å². The lowest BCUT2D eigenvalue weighted by Crippen LogP contribution is -2.65. The van der Waals surface area contributed by atoms with E-state index in [0.29, 0.717) is 19.0 Å². The van der Waals surface area contributed by atoms with Crippen molar-refractivity contribution in [1.82, 2.24) is 14.7 Å². The third kappa shape index (κ3) is 2.61. The average molecular weight is 385 g/mol. The number of rotatable bonds is 3. The number of methoxy groups -OCH3 is 1. The Kier molecular flexibility index (Phi) is 4.24. The fourth-order valence-corrected chi connectivity index (χ4v) is 4.11. The molecule has 0 aliphatic carbocycles. The number of amides is 3. The molecule has 3 aliphatic heterocycles. The van der Waals surface area contributed by atoms with Crippen LogP contribution in [0.5, 0.6) is 0 Å². The van der Waals surface area contributed by atoms with Crippen molar-refractivity contribution in [2.24, 2.45) is 4.99 Å². The van der Waals surface area contributed by atoms with Crippen molar-refractivity contribution < 1.29 is 19.1 Å². The van der Waals surface area contributed by atoms with Gasteiger partial charge in [0.1, 0.15) is 6.54 Å². The van der Waals surface area contributed by atoms with Gasteiger partial charge >= 0.3 is 12.0 Å². The van der Waals surface area contributed by atoms with Crippen LogP contribution in [0.15, 0.2) is 23.2 Å². The van der Waals surface area contributed by atoms with Crippen molar-refractivity contribution in [2.75, 3.05) is 38.7 Å². The van der Waals surface area contributed by atoms with E-state index < -0.39 is 36.7 Å². The second-order valence-electron chi connectivity index (χ2n) is 7.32. The molecule has 0 radical (unpaired) electrons. The third-order valence-corrected chi connectivity index (χ3v) is 5.54. The molecule has 1 aromatic rings. The number of nitrogens with zero attached hydrogens (tertiary/aromatic N) is 5. The number of fused-ring (bicyclic) bond motifs is 3. The number of urea groups is 1. The van der Waals surface area contributed by atoms with Gasteiger partial charge in [-0.1, -0.05) is 17.7 Å². The van der Waals surface area contributed by atoms with Crippen molar-refractivity contribution >= 4 is 29.6 Å². The van der Waals surface area contributed by atoms with E-state index >= 15 is 0 Å². The summed E-state index contributed by atoms with van der Waals surface area (Å²) in [4.78, 5) is 48.4. The van der Waals surface area contributed by atoms with Gasteiger partial charge in [0, 0.05) is 25.8 Å². The minimum absolute atomic E-state index is 0.397. The van der Waals surface area contributed by atoms with Crippen LogP contribution in [-0.2, 0) is 14.3 Å². The number of likely N-dealkylation sites (N-methyl/N-ethyl adjacent to an activating group) is 1. The standard InChI is InChI=1S/C19H23N5O4/c1-11-5-6-13(12(2)9-11)22-7-8-23-15-16(20-18(22)23)21(3)19(27)24(17(15)26)10-14(25)28-4/h5-6,9,15-16H,7-8,10H2,1-4H3. The van der Waals surface area contributed by atoms with Gasteiger partial charge in [0.25, 0.3) is 5.91 Å². The molecule has 28 heavy (non-hydrogen) atoms. The maximum absolute atomic E-state index is 13.0. The van der Waals surface area contributed by atoms with Crippen LogP contribution in [0.4, 0.5) is 10.5 Å². The maximum atomic E-state index is 13.0. The van der Waals surface area contributed by atoms with Gasteiger partial charge in [0.05, 0.1) is 7.11 Å². The van der Waals surface area contributed by atoms with E-state index in [4.69, 9.17) is 4.99 Å². The zero-order valence-electron chi connectivity index (χ0n) is 16.4. The highest BCUT2D eigenvalue weighted by atomic mass is 16.5. The molecular formula is C19H23N5O4. The number of anilines is 1. The van der Waals surface area contributed by atoms with Crippen molar-refractivity contribution in [2.45, 2.75) is 26.1 Å². The lowest BCUT2D eigenvalue weighted by atomic mass is 10.1. The van der Waals surface area contributed by atoms with Crippen LogP contribution in [0.25, 0.3) is 0 Å². The van der Waals surface area contributed by atoms with Gasteiger partial charge in [-0.2, -0.15) is 0 Å². The first-order chi connectivity index (χ1) is 13.3. The second kappa shape index (κ2) is 6.50. The minimum atomic E-state index is -0.633.